The van der Waals surface area contributed by atoms with Gasteiger partial charge in [0.25, 0.3) is 5.91 Å². The predicted molar refractivity (Wildman–Crippen MR) is 126 cm³/mol. The number of hydrogen-bond donors (Lipinski definition) is 4. The van der Waals surface area contributed by atoms with E-state index in [4.69, 9.17) is 10.5 Å². The highest BCUT2D eigenvalue weighted by Gasteiger charge is 2.25. The molecule has 0 saturated carbocycles. The Morgan fingerprint density at radius 2 is 2.00 bits per heavy atom. The average Bonchev–Trinajstić information content (AvgIpc) is 3.48. The van der Waals surface area contributed by atoms with Gasteiger partial charge < -0.3 is 20.5 Å². The number of carbonyl (C=O) groups excluding carboxylic acids is 1. The maximum atomic E-state index is 13.1. The first-order valence-electron chi connectivity index (χ1n) is 10.3. The summed E-state index contributed by atoms with van der Waals surface area (Å²) < 4.78 is 11.1. The van der Waals surface area contributed by atoms with Crippen LogP contribution in [-0.4, -0.2) is 50.5 Å². The Hall–Kier alpha value is -5.07. The van der Waals surface area contributed by atoms with E-state index < -0.39 is 5.91 Å². The van der Waals surface area contributed by atoms with Crippen molar-refractivity contribution < 1.29 is 19.3 Å². The van der Waals surface area contributed by atoms with Crippen LogP contribution in [0.15, 0.2) is 59.7 Å². The van der Waals surface area contributed by atoms with E-state index in [2.05, 4.69) is 42.7 Å². The van der Waals surface area contributed by atoms with Crippen molar-refractivity contribution in [1.82, 2.24) is 36.2 Å². The highest BCUT2D eigenvalue weighted by molar-refractivity contribution is 5.93. The van der Waals surface area contributed by atoms with Crippen LogP contribution in [0.1, 0.15) is 21.7 Å². The summed E-state index contributed by atoms with van der Waals surface area (Å²) in [6, 6.07) is 14.2. The fourth-order valence-corrected chi connectivity index (χ4v) is 3.26. The van der Waals surface area contributed by atoms with E-state index in [-0.39, 0.29) is 35.4 Å². The molecule has 0 aliphatic carbocycles. The molecule has 13 nitrogen and oxygen atoms in total. The topological polar surface area (TPSA) is 169 Å². The zero-order chi connectivity index (χ0) is 24.9. The van der Waals surface area contributed by atoms with Crippen molar-refractivity contribution in [3.63, 3.8) is 0 Å². The second-order valence-electron chi connectivity index (χ2n) is 7.41. The first-order chi connectivity index (χ1) is 16.9. The number of nitrogens with zero attached hydrogens (tertiary/aromatic N) is 6. The molecule has 2 aromatic carbocycles. The summed E-state index contributed by atoms with van der Waals surface area (Å²) in [7, 11) is 3.29. The van der Waals surface area contributed by atoms with Gasteiger partial charge in [0.2, 0.25) is 11.6 Å². The number of hydrogen-bond acceptors (Lipinski definition) is 11. The van der Waals surface area contributed by atoms with Crippen LogP contribution in [0, 0.1) is 0 Å². The monoisotopic (exact) mass is 477 g/mol. The largest absolute Gasteiger partial charge is 0.504 e. The number of phenolic OH excluding ortho intramolecular Hbond substituents is 1. The van der Waals surface area contributed by atoms with E-state index in [0.717, 1.165) is 5.69 Å². The van der Waals surface area contributed by atoms with Gasteiger partial charge >= 0.3 is 0 Å². The Morgan fingerprint density at radius 3 is 2.69 bits per heavy atom. The van der Waals surface area contributed by atoms with E-state index in [1.165, 1.54) is 17.9 Å². The van der Waals surface area contributed by atoms with E-state index in [1.807, 2.05) is 42.3 Å². The number of hydrazine groups is 1. The van der Waals surface area contributed by atoms with E-state index >= 15 is 0 Å². The van der Waals surface area contributed by atoms with Gasteiger partial charge in [0.05, 0.1) is 25.0 Å². The molecule has 0 aliphatic rings. The van der Waals surface area contributed by atoms with Crippen LogP contribution >= 0.6 is 0 Å². The van der Waals surface area contributed by atoms with Gasteiger partial charge in [0, 0.05) is 18.3 Å². The zero-order valence-electron chi connectivity index (χ0n) is 19.0. The molecule has 0 radical (unpaired) electrons. The second-order valence-corrected chi connectivity index (χ2v) is 7.41. The summed E-state index contributed by atoms with van der Waals surface area (Å²) in [5.41, 5.74) is 13.4. The molecule has 0 unspecified atom stereocenters. The molecule has 13 heteroatoms. The number of carbonyl (C=O) groups is 1. The lowest BCUT2D eigenvalue weighted by molar-refractivity contribution is 0.0936. The Bertz CT molecular complexity index is 1350. The number of aromatic nitrogens is 5. The van der Waals surface area contributed by atoms with E-state index in [0.29, 0.717) is 17.0 Å². The molecule has 0 bridgehead atoms. The third-order valence-electron chi connectivity index (χ3n) is 5.11. The summed E-state index contributed by atoms with van der Waals surface area (Å²) in [5.74, 6) is -0.210. The predicted octanol–water partition coefficient (Wildman–Crippen LogP) is 1.49. The summed E-state index contributed by atoms with van der Waals surface area (Å²) >= 11 is 0. The molecule has 2 heterocycles. The minimum Gasteiger partial charge on any atom is -0.504 e. The number of benzene rings is 2. The third-order valence-corrected chi connectivity index (χ3v) is 5.11. The van der Waals surface area contributed by atoms with Crippen molar-refractivity contribution in [2.75, 3.05) is 24.8 Å². The second kappa shape index (κ2) is 9.82. The number of rotatable bonds is 9. The number of phenols is 1. The molecule has 180 valence electrons. The first kappa shape index (κ1) is 23.1. The molecule has 1 amide bonds. The number of nitrogens with two attached hydrogens (primary N) is 1. The fourth-order valence-electron chi connectivity index (χ4n) is 3.26. The van der Waals surface area contributed by atoms with Gasteiger partial charge in [-0.1, -0.05) is 30.0 Å². The maximum absolute atomic E-state index is 13.1. The molecule has 0 atom stereocenters. The van der Waals surface area contributed by atoms with Crippen LogP contribution < -0.4 is 26.2 Å². The molecule has 0 aliphatic heterocycles. The Morgan fingerprint density at radius 1 is 1.23 bits per heavy atom. The Balaban J connectivity index is 1.57. The quantitative estimate of drug-likeness (QED) is 0.258. The summed E-state index contributed by atoms with van der Waals surface area (Å²) in [6.45, 7) is 4.14. The minimum atomic E-state index is -0.574. The number of ether oxygens (including phenoxy) is 1. The van der Waals surface area contributed by atoms with E-state index in [1.54, 1.807) is 12.1 Å². The van der Waals surface area contributed by atoms with Crippen LogP contribution in [0.2, 0.25) is 0 Å². The Kier molecular flexibility index (Phi) is 6.48. The third kappa shape index (κ3) is 4.83. The van der Waals surface area contributed by atoms with Gasteiger partial charge in [0.15, 0.2) is 17.2 Å². The Labute approximate surface area is 199 Å². The lowest BCUT2D eigenvalue weighted by Crippen LogP contribution is -2.37. The zero-order valence-corrected chi connectivity index (χ0v) is 19.0. The lowest BCUT2D eigenvalue weighted by Gasteiger charge is -2.20. The molecular weight excluding hydrogens is 454 g/mol. The molecule has 5 N–H and O–H groups in total. The number of anilines is 2. The summed E-state index contributed by atoms with van der Waals surface area (Å²) in [5, 5.41) is 25.2. The van der Waals surface area contributed by atoms with Crippen LogP contribution in [0.4, 0.5) is 11.5 Å². The molecule has 0 spiro atoms. The fraction of sp³-hybridized carbons (Fsp3) is 0.136. The average molecular weight is 477 g/mol. The highest BCUT2D eigenvalue weighted by Crippen LogP contribution is 2.28. The van der Waals surface area contributed by atoms with Gasteiger partial charge in [-0.3, -0.25) is 15.6 Å². The number of amides is 1. The van der Waals surface area contributed by atoms with Crippen molar-refractivity contribution in [3.05, 3.63) is 72.1 Å². The lowest BCUT2D eigenvalue weighted by atomic mass is 10.1. The molecule has 4 rings (SSSR count). The van der Waals surface area contributed by atoms with Crippen LogP contribution in [0.25, 0.3) is 11.5 Å². The number of methoxy groups -OCH3 is 1. The van der Waals surface area contributed by atoms with Crippen molar-refractivity contribution >= 4 is 23.1 Å². The molecular formula is C22H23N9O4. The number of nitrogens with one attached hydrogen (secondary N) is 2. The SMILES string of the molecule is C=C(NNC(=O)c1nnn(-c2nonc2N)c1CN(C)c1ccccc1)c1ccc(O)c(OC)c1. The highest BCUT2D eigenvalue weighted by atomic mass is 16.6. The van der Waals surface area contributed by atoms with Gasteiger partial charge in [0.1, 0.15) is 0 Å². The minimum absolute atomic E-state index is 0.00162. The number of nitrogen functional groups attached to an aromatic ring is 1. The van der Waals surface area contributed by atoms with Gasteiger partial charge in [-0.2, -0.15) is 4.68 Å². The molecule has 0 fully saturated rings. The maximum Gasteiger partial charge on any atom is 0.292 e. The molecule has 4 aromatic rings. The first-order valence-corrected chi connectivity index (χ1v) is 10.3. The summed E-state index contributed by atoms with van der Waals surface area (Å²) in [4.78, 5) is 15.0. The van der Waals surface area contributed by atoms with Crippen molar-refractivity contribution in [2.45, 2.75) is 6.54 Å². The van der Waals surface area contributed by atoms with Gasteiger partial charge in [-0.05, 0) is 40.6 Å². The van der Waals surface area contributed by atoms with Crippen LogP contribution in [0.3, 0.4) is 0 Å². The molecule has 0 saturated heterocycles. The van der Waals surface area contributed by atoms with Gasteiger partial charge in [-0.25, -0.2) is 4.63 Å². The van der Waals surface area contributed by atoms with E-state index in [9.17, 15) is 9.90 Å². The van der Waals surface area contributed by atoms with Crippen LogP contribution in [0.5, 0.6) is 11.5 Å². The van der Waals surface area contributed by atoms with Gasteiger partial charge in [-0.15, -0.1) is 5.10 Å². The molecule has 35 heavy (non-hydrogen) atoms. The van der Waals surface area contributed by atoms with Crippen molar-refractivity contribution in [3.8, 4) is 17.3 Å². The van der Waals surface area contributed by atoms with Crippen molar-refractivity contribution in [2.24, 2.45) is 0 Å². The number of para-hydroxylation sites is 1. The smallest absolute Gasteiger partial charge is 0.292 e. The molecule has 2 aromatic heterocycles. The summed E-state index contributed by atoms with van der Waals surface area (Å²) in [6.07, 6.45) is 0. The number of aromatic hydroxyl groups is 1. The van der Waals surface area contributed by atoms with Crippen LogP contribution in [-0.2, 0) is 6.54 Å². The normalized spacial score (nSPS) is 10.6. The van der Waals surface area contributed by atoms with Crippen molar-refractivity contribution in [1.29, 1.82) is 0 Å². The standard InChI is InChI=1S/C22H23N9O4/c1-13(14-9-10-17(32)18(11-14)34-3)24-26-22(33)19-16(12-30(2)15-7-5-4-6-8-15)31(29-25-19)21-20(23)27-35-28-21/h4-11,24,32H,1,12H2,2-3H3,(H2,23,27)(H,26,33).